The van der Waals surface area contributed by atoms with Crippen LogP contribution in [0.5, 0.6) is 5.75 Å². The highest BCUT2D eigenvalue weighted by Crippen LogP contribution is 2.32. The fourth-order valence-electron chi connectivity index (χ4n) is 4.27. The molecule has 0 N–H and O–H groups in total. The number of hydrogen-bond acceptors (Lipinski definition) is 5. The first-order chi connectivity index (χ1) is 16.1. The van der Waals surface area contributed by atoms with E-state index in [9.17, 15) is 0 Å². The topological polar surface area (TPSA) is 81.5 Å². The average molecular weight is 437 g/mol. The maximum absolute atomic E-state index is 9.07. The number of aryl methyl sites for hydroxylation is 2. The molecule has 1 aliphatic heterocycles. The molecule has 0 saturated carbocycles. The molecule has 164 valence electrons. The van der Waals surface area contributed by atoms with E-state index in [1.807, 2.05) is 77.0 Å². The van der Waals surface area contributed by atoms with Gasteiger partial charge in [-0.05, 0) is 61.7 Å². The predicted molar refractivity (Wildman–Crippen MR) is 126 cm³/mol. The summed E-state index contributed by atoms with van der Waals surface area (Å²) in [6.45, 7) is 2.83. The van der Waals surface area contributed by atoms with Crippen molar-refractivity contribution < 1.29 is 4.74 Å². The molecule has 2 aromatic carbocycles. The summed E-state index contributed by atoms with van der Waals surface area (Å²) in [4.78, 5) is 9.13. The molecule has 0 fully saturated rings. The van der Waals surface area contributed by atoms with Gasteiger partial charge in [0.15, 0.2) is 5.82 Å². The van der Waals surface area contributed by atoms with Crippen LogP contribution in [-0.2, 0) is 6.54 Å². The first-order valence-electron chi connectivity index (χ1n) is 11.0. The third-order valence-electron chi connectivity index (χ3n) is 5.97. The lowest BCUT2D eigenvalue weighted by Gasteiger charge is -2.22. The summed E-state index contributed by atoms with van der Waals surface area (Å²) in [5.74, 6) is 2.62. The minimum Gasteiger partial charge on any atom is -0.496 e. The van der Waals surface area contributed by atoms with Crippen LogP contribution in [0, 0.1) is 18.3 Å². The molecular formula is C26H24N6O. The SMILES string of the molecule is COc1cc(-n2cnc(C)c2)ccc1/C=C/c1nc2n(n1)CCCC2c1ccc(C#N)cc1. The van der Waals surface area contributed by atoms with Crippen LogP contribution >= 0.6 is 0 Å². The Hall–Kier alpha value is -4.18. The number of nitrogens with zero attached hydrogens (tertiary/aromatic N) is 6. The van der Waals surface area contributed by atoms with Crippen LogP contribution in [0.25, 0.3) is 17.8 Å². The number of fused-ring (bicyclic) bond motifs is 1. The van der Waals surface area contributed by atoms with E-state index in [-0.39, 0.29) is 5.92 Å². The van der Waals surface area contributed by atoms with Crippen molar-refractivity contribution in [2.45, 2.75) is 32.2 Å². The number of ether oxygens (including phenoxy) is 1. The largest absolute Gasteiger partial charge is 0.496 e. The maximum atomic E-state index is 9.07. The molecule has 7 heteroatoms. The van der Waals surface area contributed by atoms with Crippen molar-refractivity contribution in [3.8, 4) is 17.5 Å². The van der Waals surface area contributed by atoms with Gasteiger partial charge < -0.3 is 9.30 Å². The first kappa shape index (κ1) is 20.7. The Morgan fingerprint density at radius 3 is 2.73 bits per heavy atom. The molecule has 3 heterocycles. The smallest absolute Gasteiger partial charge is 0.174 e. The molecule has 0 spiro atoms. The number of benzene rings is 2. The Balaban J connectivity index is 1.41. The third-order valence-corrected chi connectivity index (χ3v) is 5.97. The van der Waals surface area contributed by atoms with Crippen molar-refractivity contribution in [3.63, 3.8) is 0 Å². The van der Waals surface area contributed by atoms with Gasteiger partial charge in [0.2, 0.25) is 0 Å². The lowest BCUT2D eigenvalue weighted by Crippen LogP contribution is -2.17. The van der Waals surface area contributed by atoms with Crippen molar-refractivity contribution >= 4 is 12.2 Å². The van der Waals surface area contributed by atoms with Crippen LogP contribution in [0.15, 0.2) is 55.0 Å². The zero-order chi connectivity index (χ0) is 22.8. The second-order valence-electron chi connectivity index (χ2n) is 8.16. The van der Waals surface area contributed by atoms with Gasteiger partial charge in [0.05, 0.1) is 36.5 Å². The number of rotatable bonds is 5. The molecule has 1 atom stereocenters. The molecule has 0 saturated heterocycles. The molecule has 1 unspecified atom stereocenters. The van der Waals surface area contributed by atoms with Gasteiger partial charge in [-0.15, -0.1) is 0 Å². The molecule has 0 radical (unpaired) electrons. The summed E-state index contributed by atoms with van der Waals surface area (Å²) in [5.41, 5.74) is 4.75. The Morgan fingerprint density at radius 2 is 2.00 bits per heavy atom. The van der Waals surface area contributed by atoms with Crippen LogP contribution < -0.4 is 4.74 Å². The Kier molecular flexibility index (Phi) is 5.49. The van der Waals surface area contributed by atoms with Gasteiger partial charge in [0.25, 0.3) is 0 Å². The van der Waals surface area contributed by atoms with Crippen LogP contribution in [0.2, 0.25) is 0 Å². The van der Waals surface area contributed by atoms with Crippen LogP contribution in [0.4, 0.5) is 0 Å². The highest BCUT2D eigenvalue weighted by Gasteiger charge is 2.25. The van der Waals surface area contributed by atoms with E-state index in [0.29, 0.717) is 11.4 Å². The molecule has 33 heavy (non-hydrogen) atoms. The second-order valence-corrected chi connectivity index (χ2v) is 8.16. The van der Waals surface area contributed by atoms with E-state index < -0.39 is 0 Å². The fraction of sp³-hybridized carbons (Fsp3) is 0.231. The van der Waals surface area contributed by atoms with Gasteiger partial charge in [0.1, 0.15) is 11.6 Å². The van der Waals surface area contributed by atoms with E-state index in [1.165, 1.54) is 5.56 Å². The quantitative estimate of drug-likeness (QED) is 0.451. The first-order valence-corrected chi connectivity index (χ1v) is 11.0. The van der Waals surface area contributed by atoms with E-state index >= 15 is 0 Å². The molecule has 4 aromatic rings. The number of methoxy groups -OCH3 is 1. The van der Waals surface area contributed by atoms with Gasteiger partial charge in [-0.1, -0.05) is 12.1 Å². The van der Waals surface area contributed by atoms with Crippen LogP contribution in [0.1, 0.15) is 52.8 Å². The lowest BCUT2D eigenvalue weighted by atomic mass is 9.91. The van der Waals surface area contributed by atoms with Crippen LogP contribution in [-0.4, -0.2) is 31.4 Å². The van der Waals surface area contributed by atoms with Crippen molar-refractivity contribution in [1.29, 1.82) is 5.26 Å². The molecule has 0 aliphatic carbocycles. The third kappa shape index (κ3) is 4.15. The molecule has 2 aromatic heterocycles. The Morgan fingerprint density at radius 1 is 1.15 bits per heavy atom. The number of nitriles is 1. The van der Waals surface area contributed by atoms with Gasteiger partial charge in [-0.2, -0.15) is 10.4 Å². The zero-order valence-electron chi connectivity index (χ0n) is 18.6. The Bertz CT molecular complexity index is 1360. The van der Waals surface area contributed by atoms with Gasteiger partial charge >= 0.3 is 0 Å². The van der Waals surface area contributed by atoms with Gasteiger partial charge in [0, 0.05) is 30.3 Å². The Labute approximate surface area is 192 Å². The monoisotopic (exact) mass is 436 g/mol. The molecule has 5 rings (SSSR count). The highest BCUT2D eigenvalue weighted by molar-refractivity contribution is 5.71. The fourth-order valence-corrected chi connectivity index (χ4v) is 4.27. The molecule has 7 nitrogen and oxygen atoms in total. The highest BCUT2D eigenvalue weighted by atomic mass is 16.5. The minimum atomic E-state index is 0.189. The van der Waals surface area contributed by atoms with Gasteiger partial charge in [-0.25, -0.2) is 14.6 Å². The summed E-state index contributed by atoms with van der Waals surface area (Å²) in [5, 5.41) is 13.8. The van der Waals surface area contributed by atoms with E-state index in [1.54, 1.807) is 13.4 Å². The van der Waals surface area contributed by atoms with Crippen molar-refractivity contribution in [2.24, 2.45) is 0 Å². The minimum absolute atomic E-state index is 0.189. The standard InChI is InChI=1S/C26H24N6O/c1-18-16-31(17-28-18)22-11-9-21(24(14-22)33-2)10-12-25-29-26-23(4-3-13-32(26)30-25)20-7-5-19(15-27)6-8-20/h5-12,14,16-17,23H,3-4,13H2,1-2H3/b12-10+. The van der Waals surface area contributed by atoms with Crippen molar-refractivity contribution in [1.82, 2.24) is 24.3 Å². The summed E-state index contributed by atoms with van der Waals surface area (Å²) in [6.07, 6.45) is 9.77. The molecule has 0 bridgehead atoms. The van der Waals surface area contributed by atoms with E-state index in [2.05, 4.69) is 11.1 Å². The van der Waals surface area contributed by atoms with E-state index in [0.717, 1.165) is 47.9 Å². The normalized spacial score (nSPS) is 15.4. The van der Waals surface area contributed by atoms with Crippen molar-refractivity contribution in [3.05, 3.63) is 89.0 Å². The zero-order valence-corrected chi connectivity index (χ0v) is 18.6. The summed E-state index contributed by atoms with van der Waals surface area (Å²) in [7, 11) is 1.67. The predicted octanol–water partition coefficient (Wildman–Crippen LogP) is 4.75. The summed E-state index contributed by atoms with van der Waals surface area (Å²) in [6, 6.07) is 16.0. The number of imidazole rings is 1. The maximum Gasteiger partial charge on any atom is 0.174 e. The number of aromatic nitrogens is 5. The molecule has 1 aliphatic rings. The van der Waals surface area contributed by atoms with Gasteiger partial charge in [-0.3, -0.25) is 0 Å². The van der Waals surface area contributed by atoms with Crippen LogP contribution in [0.3, 0.4) is 0 Å². The average Bonchev–Trinajstić information content (AvgIpc) is 3.48. The second kappa shape index (κ2) is 8.75. The lowest BCUT2D eigenvalue weighted by molar-refractivity contribution is 0.413. The molecule has 0 amide bonds. The summed E-state index contributed by atoms with van der Waals surface area (Å²) < 4.78 is 9.60. The van der Waals surface area contributed by atoms with E-state index in [4.69, 9.17) is 20.1 Å². The number of hydrogen-bond donors (Lipinski definition) is 0. The summed E-state index contributed by atoms with van der Waals surface area (Å²) >= 11 is 0. The van der Waals surface area contributed by atoms with Crippen molar-refractivity contribution in [2.75, 3.05) is 7.11 Å². The molecular weight excluding hydrogens is 412 g/mol.